The van der Waals surface area contributed by atoms with Crippen molar-refractivity contribution in [3.8, 4) is 22.9 Å². The van der Waals surface area contributed by atoms with Gasteiger partial charge in [-0.2, -0.15) is 0 Å². The number of benzene rings is 2. The van der Waals surface area contributed by atoms with E-state index in [1.54, 1.807) is 36.4 Å². The molecule has 0 saturated heterocycles. The van der Waals surface area contributed by atoms with E-state index in [0.29, 0.717) is 5.56 Å². The number of hydrogen-bond acceptors (Lipinski definition) is 7. The van der Waals surface area contributed by atoms with Gasteiger partial charge in [0.25, 0.3) is 5.69 Å². The minimum absolute atomic E-state index is 0.0567. The highest BCUT2D eigenvalue weighted by molar-refractivity contribution is 5.91. The van der Waals surface area contributed by atoms with E-state index in [9.17, 15) is 14.8 Å². The summed E-state index contributed by atoms with van der Waals surface area (Å²) in [6, 6.07) is 14.4. The largest absolute Gasteiger partial charge is 0.478 e. The minimum Gasteiger partial charge on any atom is -0.478 e. The topological polar surface area (TPSA) is 126 Å². The monoisotopic (exact) mass is 370 g/mol. The molecule has 27 heavy (non-hydrogen) atoms. The maximum atomic E-state index is 11.9. The van der Waals surface area contributed by atoms with Crippen LogP contribution in [0.2, 0.25) is 0 Å². The van der Waals surface area contributed by atoms with Crippen LogP contribution in [0.15, 0.2) is 59.2 Å². The number of carboxylic acid groups (broad SMARTS) is 1. The van der Waals surface area contributed by atoms with Gasteiger partial charge < -0.3 is 19.8 Å². The quantitative estimate of drug-likeness (QED) is 0.380. The molecule has 0 aliphatic rings. The smallest absolute Gasteiger partial charge is 0.402 e. The van der Waals surface area contributed by atoms with Gasteiger partial charge in [-0.15, -0.1) is 0 Å². The lowest BCUT2D eigenvalue weighted by molar-refractivity contribution is -0.793. The molecule has 3 rings (SSSR count). The second-order valence-electron chi connectivity index (χ2n) is 5.32. The Morgan fingerprint density at radius 2 is 1.81 bits per heavy atom. The summed E-state index contributed by atoms with van der Waals surface area (Å²) in [6.07, 6.45) is -0.187. The summed E-state index contributed by atoms with van der Waals surface area (Å²) in [5, 5.41) is 24.4. The molecule has 1 heterocycles. The second kappa shape index (κ2) is 8.00. The average Bonchev–Trinajstić information content (AvgIpc) is 3.03. The average molecular weight is 370 g/mol. The number of carboxylic acids is 1. The number of ether oxygens (including phenoxy) is 2. The zero-order valence-corrected chi connectivity index (χ0v) is 13.9. The SMILES string of the molecule is O=C(CCOc1no[n+]([O-])c1-c1ccccc1)Oc1ccccc1C(=O)O. The Hall–Kier alpha value is -3.88. The Morgan fingerprint density at radius 3 is 2.56 bits per heavy atom. The van der Waals surface area contributed by atoms with Crippen molar-refractivity contribution < 1.29 is 33.7 Å². The van der Waals surface area contributed by atoms with Crippen LogP contribution in [0.4, 0.5) is 0 Å². The van der Waals surface area contributed by atoms with Crippen molar-refractivity contribution in [3.63, 3.8) is 0 Å². The Morgan fingerprint density at radius 1 is 1.11 bits per heavy atom. The van der Waals surface area contributed by atoms with Crippen molar-refractivity contribution >= 4 is 11.9 Å². The van der Waals surface area contributed by atoms with Crippen LogP contribution in [-0.2, 0) is 4.79 Å². The highest BCUT2D eigenvalue weighted by Gasteiger charge is 2.23. The van der Waals surface area contributed by atoms with Gasteiger partial charge in [0.1, 0.15) is 17.9 Å². The number of nitrogens with zero attached hydrogens (tertiary/aromatic N) is 2. The number of hydrogen-bond donors (Lipinski definition) is 1. The number of para-hydroxylation sites is 1. The third kappa shape index (κ3) is 4.21. The van der Waals surface area contributed by atoms with E-state index in [2.05, 4.69) is 9.79 Å². The van der Waals surface area contributed by atoms with Crippen LogP contribution in [0.3, 0.4) is 0 Å². The number of esters is 1. The fourth-order valence-corrected chi connectivity index (χ4v) is 2.29. The van der Waals surface area contributed by atoms with Crippen molar-refractivity contribution in [2.24, 2.45) is 0 Å². The van der Waals surface area contributed by atoms with Crippen LogP contribution in [0.25, 0.3) is 11.3 Å². The Kier molecular flexibility index (Phi) is 5.31. The number of carbonyl (C=O) groups excluding carboxylic acids is 1. The van der Waals surface area contributed by atoms with Gasteiger partial charge in [0.2, 0.25) is 0 Å². The molecule has 0 spiro atoms. The fraction of sp³-hybridized carbons (Fsp3) is 0.111. The van der Waals surface area contributed by atoms with Crippen molar-refractivity contribution in [3.05, 3.63) is 65.4 Å². The predicted molar refractivity (Wildman–Crippen MR) is 90.0 cm³/mol. The van der Waals surface area contributed by atoms with Crippen LogP contribution in [0.5, 0.6) is 11.6 Å². The van der Waals surface area contributed by atoms with E-state index in [0.717, 1.165) is 0 Å². The van der Waals surface area contributed by atoms with Gasteiger partial charge >= 0.3 is 17.8 Å². The fourth-order valence-electron chi connectivity index (χ4n) is 2.29. The summed E-state index contributed by atoms with van der Waals surface area (Å²) in [5.41, 5.74) is 0.504. The summed E-state index contributed by atoms with van der Waals surface area (Å²) in [6.45, 7) is -0.138. The molecule has 1 aromatic heterocycles. The van der Waals surface area contributed by atoms with Gasteiger partial charge in [-0.05, 0) is 17.0 Å². The molecule has 1 N–H and O–H groups in total. The van der Waals surface area contributed by atoms with Crippen molar-refractivity contribution in [2.45, 2.75) is 6.42 Å². The molecule has 2 aromatic carbocycles. The molecule has 0 bridgehead atoms. The van der Waals surface area contributed by atoms with Crippen LogP contribution in [0.1, 0.15) is 16.8 Å². The molecule has 0 atom stereocenters. The first kappa shape index (κ1) is 17.9. The predicted octanol–water partition coefficient (Wildman–Crippen LogP) is 2.05. The van der Waals surface area contributed by atoms with E-state index in [1.807, 2.05) is 0 Å². The second-order valence-corrected chi connectivity index (χ2v) is 5.32. The third-order valence-electron chi connectivity index (χ3n) is 3.52. The summed E-state index contributed by atoms with van der Waals surface area (Å²) in [4.78, 5) is 23.3. The van der Waals surface area contributed by atoms with E-state index >= 15 is 0 Å². The highest BCUT2D eigenvalue weighted by Crippen LogP contribution is 2.24. The summed E-state index contributed by atoms with van der Waals surface area (Å²) >= 11 is 0. The molecule has 0 aliphatic heterocycles. The van der Waals surface area contributed by atoms with Crippen LogP contribution >= 0.6 is 0 Å². The van der Waals surface area contributed by atoms with Gasteiger partial charge in [-0.25, -0.2) is 4.79 Å². The van der Waals surface area contributed by atoms with Gasteiger partial charge in [0, 0.05) is 5.56 Å². The number of rotatable bonds is 7. The Balaban J connectivity index is 1.61. The minimum atomic E-state index is -1.20. The molecule has 138 valence electrons. The van der Waals surface area contributed by atoms with Gasteiger partial charge in [0.05, 0.1) is 11.6 Å². The van der Waals surface area contributed by atoms with Crippen molar-refractivity contribution in [2.75, 3.05) is 6.61 Å². The normalized spacial score (nSPS) is 10.4. The maximum Gasteiger partial charge on any atom is 0.402 e. The first-order valence-electron chi connectivity index (χ1n) is 7.87. The van der Waals surface area contributed by atoms with E-state index in [1.165, 1.54) is 18.2 Å². The molecule has 0 unspecified atom stereocenters. The molecular weight excluding hydrogens is 356 g/mol. The molecule has 0 fully saturated rings. The third-order valence-corrected chi connectivity index (χ3v) is 3.52. The van der Waals surface area contributed by atoms with Crippen LogP contribution in [0, 0.1) is 5.21 Å². The van der Waals surface area contributed by atoms with Gasteiger partial charge in [-0.1, -0.05) is 42.5 Å². The molecule has 3 aromatic rings. The maximum absolute atomic E-state index is 11.9. The first-order chi connectivity index (χ1) is 13.1. The molecule has 9 nitrogen and oxygen atoms in total. The molecule has 9 heteroatoms. The zero-order chi connectivity index (χ0) is 19.2. The lowest BCUT2D eigenvalue weighted by atomic mass is 10.2. The molecule has 0 aliphatic carbocycles. The molecule has 0 amide bonds. The van der Waals surface area contributed by atoms with E-state index < -0.39 is 11.9 Å². The molecule has 0 radical (unpaired) electrons. The number of carbonyl (C=O) groups is 2. The standard InChI is InChI=1S/C18H14N2O7/c21-15(26-14-9-5-4-8-13(14)18(22)23)10-11-25-17-16(20(24)27-19-17)12-6-2-1-3-7-12/h1-9H,10-11H2,(H,22,23). The van der Waals surface area contributed by atoms with Gasteiger partial charge in [0.15, 0.2) is 0 Å². The van der Waals surface area contributed by atoms with Crippen molar-refractivity contribution in [1.82, 2.24) is 5.16 Å². The van der Waals surface area contributed by atoms with E-state index in [-0.39, 0.29) is 40.8 Å². The Bertz CT molecular complexity index is 953. The Labute approximate surface area is 152 Å². The lowest BCUT2D eigenvalue weighted by Crippen LogP contribution is -2.25. The summed E-state index contributed by atoms with van der Waals surface area (Å²) in [7, 11) is 0. The van der Waals surface area contributed by atoms with E-state index in [4.69, 9.17) is 14.6 Å². The highest BCUT2D eigenvalue weighted by atomic mass is 16.8. The first-order valence-corrected chi connectivity index (χ1v) is 7.87. The van der Waals surface area contributed by atoms with Crippen molar-refractivity contribution in [1.29, 1.82) is 0 Å². The van der Waals surface area contributed by atoms with Crippen LogP contribution < -0.4 is 14.4 Å². The molecule has 0 saturated carbocycles. The summed E-state index contributed by atoms with van der Waals surface area (Å²) < 4.78 is 15.0. The number of aromatic nitrogens is 2. The van der Waals surface area contributed by atoms with Crippen LogP contribution in [-0.4, -0.2) is 28.8 Å². The summed E-state index contributed by atoms with van der Waals surface area (Å²) in [5.74, 6) is -2.01. The zero-order valence-electron chi connectivity index (χ0n) is 13.9. The molecular formula is C18H14N2O7. The number of aromatic carboxylic acids is 1. The lowest BCUT2D eigenvalue weighted by Gasteiger charge is -2.07. The van der Waals surface area contributed by atoms with Gasteiger partial charge in [-0.3, -0.25) is 9.42 Å².